The van der Waals surface area contributed by atoms with Gasteiger partial charge in [-0.2, -0.15) is 0 Å². The van der Waals surface area contributed by atoms with Crippen LogP contribution in [0.25, 0.3) is 11.0 Å². The zero-order chi connectivity index (χ0) is 24.8. The van der Waals surface area contributed by atoms with Crippen LogP contribution in [0.1, 0.15) is 35.0 Å². The normalized spacial score (nSPS) is 10.7. The van der Waals surface area contributed by atoms with Crippen LogP contribution < -0.4 is 19.6 Å². The van der Waals surface area contributed by atoms with E-state index in [2.05, 4.69) is 0 Å². The van der Waals surface area contributed by atoms with E-state index in [4.69, 9.17) is 23.4 Å². The first-order valence-corrected chi connectivity index (χ1v) is 11.3. The highest BCUT2D eigenvalue weighted by Crippen LogP contribution is 2.28. The van der Waals surface area contributed by atoms with Gasteiger partial charge in [-0.3, -0.25) is 4.79 Å². The van der Waals surface area contributed by atoms with E-state index in [9.17, 15) is 9.59 Å². The third kappa shape index (κ3) is 5.63. The van der Waals surface area contributed by atoms with Crippen LogP contribution in [0.5, 0.6) is 23.0 Å². The van der Waals surface area contributed by atoms with Crippen LogP contribution in [0, 0.1) is 6.92 Å². The highest BCUT2D eigenvalue weighted by Gasteiger charge is 2.15. The minimum atomic E-state index is -0.398. The van der Waals surface area contributed by atoms with Crippen molar-refractivity contribution in [3.05, 3.63) is 93.8 Å². The summed E-state index contributed by atoms with van der Waals surface area (Å²) in [6.07, 6.45) is 0.750. The van der Waals surface area contributed by atoms with E-state index in [-0.39, 0.29) is 11.2 Å². The summed E-state index contributed by atoms with van der Waals surface area (Å²) in [5, 5.41) is 0.377. The molecule has 180 valence electrons. The molecule has 0 radical (unpaired) electrons. The smallest absolute Gasteiger partial charge is 0.338 e. The van der Waals surface area contributed by atoms with Gasteiger partial charge in [0.2, 0.25) is 11.2 Å². The average Bonchev–Trinajstić information content (AvgIpc) is 2.89. The number of carbonyl (C=O) groups is 1. The molecule has 0 N–H and O–H groups in total. The topological polar surface area (TPSA) is 84.2 Å². The quantitative estimate of drug-likeness (QED) is 0.273. The molecule has 4 aromatic rings. The van der Waals surface area contributed by atoms with Gasteiger partial charge in [0.1, 0.15) is 35.2 Å². The number of hydrogen-bond acceptors (Lipinski definition) is 7. The fraction of sp³-hybridized carbons (Fsp3) is 0.214. The number of ether oxygens (including phenoxy) is 4. The first-order valence-electron chi connectivity index (χ1n) is 11.3. The molecule has 0 amide bonds. The van der Waals surface area contributed by atoms with Gasteiger partial charge in [0, 0.05) is 6.07 Å². The number of rotatable bonds is 9. The SMILES string of the molecule is CCCOC(=O)c1ccc(Oc2c(C)oc3cc(OCc4ccc(OC)cc4)ccc3c2=O)cc1. The van der Waals surface area contributed by atoms with Crippen molar-refractivity contribution in [3.63, 3.8) is 0 Å². The number of benzene rings is 3. The molecule has 0 fully saturated rings. The predicted octanol–water partition coefficient (Wildman–Crippen LogP) is 6.05. The Hall–Kier alpha value is -4.26. The molecule has 0 aliphatic rings. The second-order valence-corrected chi connectivity index (χ2v) is 7.87. The van der Waals surface area contributed by atoms with Crippen LogP contribution in [0.2, 0.25) is 0 Å². The van der Waals surface area contributed by atoms with E-state index >= 15 is 0 Å². The molecule has 0 aliphatic heterocycles. The van der Waals surface area contributed by atoms with E-state index in [1.807, 2.05) is 31.2 Å². The Morgan fingerprint density at radius 2 is 1.60 bits per heavy atom. The lowest BCUT2D eigenvalue weighted by molar-refractivity contribution is 0.0505. The number of esters is 1. The predicted molar refractivity (Wildman–Crippen MR) is 132 cm³/mol. The fourth-order valence-electron chi connectivity index (χ4n) is 3.42. The standard InChI is InChI=1S/C28H26O7/c1-4-15-32-28(30)20-7-11-22(12-8-20)35-27-18(2)34-25-16-23(13-14-24(25)26(27)29)33-17-19-5-9-21(31-3)10-6-19/h5-14,16H,4,15,17H2,1-3H3. The fourth-order valence-corrected chi connectivity index (χ4v) is 3.42. The molecular formula is C28H26O7. The van der Waals surface area contributed by atoms with Crippen molar-refractivity contribution in [2.45, 2.75) is 26.9 Å². The van der Waals surface area contributed by atoms with Gasteiger partial charge in [0.15, 0.2) is 0 Å². The van der Waals surface area contributed by atoms with Gasteiger partial charge in [0.05, 0.1) is 24.7 Å². The summed E-state index contributed by atoms with van der Waals surface area (Å²) in [4.78, 5) is 25.1. The minimum absolute atomic E-state index is 0.0886. The third-order valence-corrected chi connectivity index (χ3v) is 5.30. The summed E-state index contributed by atoms with van der Waals surface area (Å²) in [6, 6.07) is 19.1. The first-order chi connectivity index (χ1) is 17.0. The molecule has 0 spiro atoms. The lowest BCUT2D eigenvalue weighted by atomic mass is 10.2. The molecule has 35 heavy (non-hydrogen) atoms. The Morgan fingerprint density at radius 3 is 2.29 bits per heavy atom. The Kier molecular flexibility index (Phi) is 7.35. The highest BCUT2D eigenvalue weighted by molar-refractivity contribution is 5.89. The van der Waals surface area contributed by atoms with Crippen LogP contribution >= 0.6 is 0 Å². The second kappa shape index (κ2) is 10.8. The molecule has 4 rings (SSSR count). The van der Waals surface area contributed by atoms with Gasteiger partial charge < -0.3 is 23.4 Å². The Labute approximate surface area is 202 Å². The molecule has 1 heterocycles. The lowest BCUT2D eigenvalue weighted by Gasteiger charge is -2.11. The number of aryl methyl sites for hydroxylation is 1. The molecule has 0 saturated heterocycles. The highest BCUT2D eigenvalue weighted by atomic mass is 16.5. The molecule has 0 aliphatic carbocycles. The van der Waals surface area contributed by atoms with E-state index in [1.165, 1.54) is 0 Å². The molecular weight excluding hydrogens is 448 g/mol. The Bertz CT molecular complexity index is 1370. The minimum Gasteiger partial charge on any atom is -0.497 e. The van der Waals surface area contributed by atoms with Gasteiger partial charge in [-0.1, -0.05) is 19.1 Å². The van der Waals surface area contributed by atoms with Gasteiger partial charge in [-0.05, 0) is 67.4 Å². The average molecular weight is 475 g/mol. The summed E-state index contributed by atoms with van der Waals surface area (Å²) < 4.78 is 27.8. The van der Waals surface area contributed by atoms with Crippen molar-refractivity contribution >= 4 is 16.9 Å². The third-order valence-electron chi connectivity index (χ3n) is 5.30. The van der Waals surface area contributed by atoms with Crippen molar-refractivity contribution in [1.29, 1.82) is 0 Å². The lowest BCUT2D eigenvalue weighted by Crippen LogP contribution is -2.08. The Morgan fingerprint density at radius 1 is 0.914 bits per heavy atom. The second-order valence-electron chi connectivity index (χ2n) is 7.87. The summed E-state index contributed by atoms with van der Waals surface area (Å²) in [5.41, 5.74) is 1.50. The van der Waals surface area contributed by atoms with Crippen molar-refractivity contribution in [1.82, 2.24) is 0 Å². The summed E-state index contributed by atoms with van der Waals surface area (Å²) in [5.74, 6) is 1.79. The molecule has 7 heteroatoms. The van der Waals surface area contributed by atoms with Crippen LogP contribution in [0.3, 0.4) is 0 Å². The van der Waals surface area contributed by atoms with Crippen molar-refractivity contribution in [2.75, 3.05) is 13.7 Å². The van der Waals surface area contributed by atoms with Crippen LogP contribution in [0.4, 0.5) is 0 Å². The van der Waals surface area contributed by atoms with Crippen molar-refractivity contribution in [2.24, 2.45) is 0 Å². The van der Waals surface area contributed by atoms with Crippen molar-refractivity contribution in [3.8, 4) is 23.0 Å². The monoisotopic (exact) mass is 474 g/mol. The van der Waals surface area contributed by atoms with Crippen LogP contribution in [-0.2, 0) is 11.3 Å². The molecule has 0 atom stereocenters. The summed E-state index contributed by atoms with van der Waals surface area (Å²) >= 11 is 0. The molecule has 0 bridgehead atoms. The molecule has 7 nitrogen and oxygen atoms in total. The van der Waals surface area contributed by atoms with Crippen LogP contribution in [0.15, 0.2) is 75.9 Å². The Balaban J connectivity index is 1.50. The maximum absolute atomic E-state index is 13.1. The maximum Gasteiger partial charge on any atom is 0.338 e. The summed E-state index contributed by atoms with van der Waals surface area (Å²) in [7, 11) is 1.62. The van der Waals surface area contributed by atoms with E-state index in [0.717, 1.165) is 17.7 Å². The van der Waals surface area contributed by atoms with E-state index in [1.54, 1.807) is 56.5 Å². The first kappa shape index (κ1) is 23.9. The number of carbonyl (C=O) groups excluding carboxylic acids is 1. The number of hydrogen-bond donors (Lipinski definition) is 0. The number of methoxy groups -OCH3 is 1. The molecule has 1 aromatic heterocycles. The van der Waals surface area contributed by atoms with Gasteiger partial charge in [-0.25, -0.2) is 4.79 Å². The van der Waals surface area contributed by atoms with Gasteiger partial charge in [-0.15, -0.1) is 0 Å². The van der Waals surface area contributed by atoms with E-state index in [0.29, 0.717) is 47.0 Å². The maximum atomic E-state index is 13.1. The van der Waals surface area contributed by atoms with Crippen LogP contribution in [-0.4, -0.2) is 19.7 Å². The van der Waals surface area contributed by atoms with Gasteiger partial charge in [0.25, 0.3) is 0 Å². The van der Waals surface area contributed by atoms with Gasteiger partial charge >= 0.3 is 5.97 Å². The van der Waals surface area contributed by atoms with Crippen molar-refractivity contribution < 1.29 is 28.2 Å². The largest absolute Gasteiger partial charge is 0.497 e. The van der Waals surface area contributed by atoms with E-state index < -0.39 is 5.97 Å². The zero-order valence-corrected chi connectivity index (χ0v) is 19.8. The number of fused-ring (bicyclic) bond motifs is 1. The zero-order valence-electron chi connectivity index (χ0n) is 19.8. The molecule has 0 unspecified atom stereocenters. The molecule has 0 saturated carbocycles. The molecule has 3 aromatic carbocycles. The summed E-state index contributed by atoms with van der Waals surface area (Å²) in [6.45, 7) is 4.32.